The van der Waals surface area contributed by atoms with Crippen molar-refractivity contribution in [1.29, 1.82) is 0 Å². The minimum absolute atomic E-state index is 0.00715. The van der Waals surface area contributed by atoms with Crippen LogP contribution in [0.4, 0.5) is 0 Å². The highest BCUT2D eigenvalue weighted by Gasteiger charge is 2.23. The van der Waals surface area contributed by atoms with E-state index in [4.69, 9.17) is 11.6 Å². The van der Waals surface area contributed by atoms with Gasteiger partial charge in [-0.05, 0) is 25.0 Å². The maximum atomic E-state index is 10.8. The van der Waals surface area contributed by atoms with Crippen LogP contribution in [-0.4, -0.2) is 32.2 Å². The number of carbonyl (C=O) groups is 1. The van der Waals surface area contributed by atoms with E-state index in [0.29, 0.717) is 17.7 Å². The molecule has 0 aliphatic heterocycles. The van der Waals surface area contributed by atoms with Gasteiger partial charge < -0.3 is 10.2 Å². The standard InChI is InChI=1S/C12H16ClNO3S/c1-7-3-5-14-12(13)10(7)11(17)9(16)4-6-18-8(2)15/h3,5,9,11,16-17H,4,6H2,1-2H3. The van der Waals surface area contributed by atoms with E-state index < -0.39 is 12.2 Å². The Morgan fingerprint density at radius 1 is 1.56 bits per heavy atom. The molecule has 0 amide bonds. The number of aryl methyl sites for hydroxylation is 1. The van der Waals surface area contributed by atoms with Crippen LogP contribution >= 0.6 is 23.4 Å². The van der Waals surface area contributed by atoms with Gasteiger partial charge in [-0.3, -0.25) is 4.79 Å². The molecule has 0 aliphatic carbocycles. The van der Waals surface area contributed by atoms with E-state index in [9.17, 15) is 15.0 Å². The van der Waals surface area contributed by atoms with Gasteiger partial charge in [0.05, 0.1) is 6.10 Å². The third-order valence-electron chi connectivity index (χ3n) is 2.54. The van der Waals surface area contributed by atoms with Crippen molar-refractivity contribution in [3.63, 3.8) is 0 Å². The highest BCUT2D eigenvalue weighted by atomic mass is 35.5. The minimum Gasteiger partial charge on any atom is -0.390 e. The number of thioether (sulfide) groups is 1. The summed E-state index contributed by atoms with van der Waals surface area (Å²) in [6.07, 6.45) is -0.182. The number of pyridine rings is 1. The van der Waals surface area contributed by atoms with Crippen LogP contribution in [0.2, 0.25) is 5.15 Å². The lowest BCUT2D eigenvalue weighted by molar-refractivity contribution is -0.109. The first kappa shape index (κ1) is 15.4. The maximum absolute atomic E-state index is 10.8. The van der Waals surface area contributed by atoms with E-state index in [1.807, 2.05) is 0 Å². The van der Waals surface area contributed by atoms with E-state index in [-0.39, 0.29) is 10.3 Å². The molecule has 1 heterocycles. The van der Waals surface area contributed by atoms with Crippen molar-refractivity contribution in [2.45, 2.75) is 32.5 Å². The fourth-order valence-electron chi connectivity index (χ4n) is 1.57. The largest absolute Gasteiger partial charge is 0.390 e. The number of aliphatic hydroxyl groups excluding tert-OH is 2. The number of aromatic nitrogens is 1. The Morgan fingerprint density at radius 3 is 2.78 bits per heavy atom. The molecule has 18 heavy (non-hydrogen) atoms. The molecule has 2 atom stereocenters. The summed E-state index contributed by atoms with van der Waals surface area (Å²) in [5, 5.41) is 20.1. The SMILES string of the molecule is CC(=O)SCCC(O)C(O)c1c(C)ccnc1Cl. The van der Waals surface area contributed by atoms with Gasteiger partial charge >= 0.3 is 0 Å². The lowest BCUT2D eigenvalue weighted by atomic mass is 10.0. The molecule has 4 nitrogen and oxygen atoms in total. The number of nitrogens with zero attached hydrogens (tertiary/aromatic N) is 1. The zero-order valence-corrected chi connectivity index (χ0v) is 11.8. The van der Waals surface area contributed by atoms with Crippen molar-refractivity contribution in [3.8, 4) is 0 Å². The molecule has 0 fully saturated rings. The Bertz CT molecular complexity index is 408. The first-order valence-electron chi connectivity index (χ1n) is 5.54. The summed E-state index contributed by atoms with van der Waals surface area (Å²) in [7, 11) is 0. The minimum atomic E-state index is -1.08. The van der Waals surface area contributed by atoms with Crippen LogP contribution in [0.15, 0.2) is 12.3 Å². The van der Waals surface area contributed by atoms with Gasteiger partial charge in [0.25, 0.3) is 0 Å². The molecule has 0 saturated carbocycles. The zero-order chi connectivity index (χ0) is 13.7. The van der Waals surface area contributed by atoms with E-state index >= 15 is 0 Å². The summed E-state index contributed by atoms with van der Waals surface area (Å²) in [5.41, 5.74) is 1.22. The highest BCUT2D eigenvalue weighted by Crippen LogP contribution is 2.28. The van der Waals surface area contributed by atoms with Crippen molar-refractivity contribution in [1.82, 2.24) is 4.98 Å². The second-order valence-electron chi connectivity index (χ2n) is 3.97. The summed E-state index contributed by atoms with van der Waals surface area (Å²) >= 11 is 7.03. The van der Waals surface area contributed by atoms with Crippen molar-refractivity contribution < 1.29 is 15.0 Å². The Hall–Kier alpha value is -0.620. The number of rotatable bonds is 5. The zero-order valence-electron chi connectivity index (χ0n) is 10.3. The van der Waals surface area contributed by atoms with Crippen molar-refractivity contribution in [3.05, 3.63) is 28.5 Å². The van der Waals surface area contributed by atoms with Gasteiger partial charge in [-0.25, -0.2) is 4.98 Å². The number of aliphatic hydroxyl groups is 2. The molecule has 0 aliphatic rings. The number of hydrogen-bond acceptors (Lipinski definition) is 5. The first-order chi connectivity index (χ1) is 8.43. The quantitative estimate of drug-likeness (QED) is 0.813. The van der Waals surface area contributed by atoms with E-state index in [1.165, 1.54) is 6.92 Å². The van der Waals surface area contributed by atoms with Crippen LogP contribution < -0.4 is 0 Å². The number of hydrogen-bond donors (Lipinski definition) is 2. The predicted octanol–water partition coefficient (Wildman–Crippen LogP) is 2.11. The first-order valence-corrected chi connectivity index (χ1v) is 6.90. The van der Waals surface area contributed by atoms with Crippen LogP contribution in [0.25, 0.3) is 0 Å². The van der Waals surface area contributed by atoms with Crippen molar-refractivity contribution >= 4 is 28.5 Å². The van der Waals surface area contributed by atoms with Crippen LogP contribution in [0.1, 0.15) is 30.6 Å². The highest BCUT2D eigenvalue weighted by molar-refractivity contribution is 8.13. The van der Waals surface area contributed by atoms with E-state index in [1.54, 1.807) is 19.2 Å². The molecule has 1 aromatic heterocycles. The Balaban J connectivity index is 2.68. The summed E-state index contributed by atoms with van der Waals surface area (Å²) < 4.78 is 0. The van der Waals surface area contributed by atoms with Gasteiger partial charge in [-0.15, -0.1) is 0 Å². The van der Waals surface area contributed by atoms with Gasteiger partial charge in [-0.2, -0.15) is 0 Å². The predicted molar refractivity (Wildman–Crippen MR) is 72.7 cm³/mol. The van der Waals surface area contributed by atoms with Crippen LogP contribution in [0.3, 0.4) is 0 Å². The number of carbonyl (C=O) groups excluding carboxylic acids is 1. The average Bonchev–Trinajstić information content (AvgIpc) is 2.27. The van der Waals surface area contributed by atoms with E-state index in [0.717, 1.165) is 17.3 Å². The Kier molecular flexibility index (Phi) is 6.08. The summed E-state index contributed by atoms with van der Waals surface area (Å²) in [6, 6.07) is 1.72. The molecule has 2 N–H and O–H groups in total. The van der Waals surface area contributed by atoms with Gasteiger partial charge in [0.1, 0.15) is 11.3 Å². The molecule has 0 aromatic carbocycles. The van der Waals surface area contributed by atoms with Crippen LogP contribution in [0, 0.1) is 6.92 Å². The third kappa shape index (κ3) is 4.24. The molecule has 1 aromatic rings. The molecule has 2 unspecified atom stereocenters. The maximum Gasteiger partial charge on any atom is 0.185 e. The average molecular weight is 290 g/mol. The molecule has 100 valence electrons. The van der Waals surface area contributed by atoms with Gasteiger partial charge in [0.15, 0.2) is 5.12 Å². The van der Waals surface area contributed by atoms with Crippen LogP contribution in [0.5, 0.6) is 0 Å². The molecule has 0 saturated heterocycles. The molecule has 0 bridgehead atoms. The number of halogens is 1. The smallest absolute Gasteiger partial charge is 0.185 e. The fourth-order valence-corrected chi connectivity index (χ4v) is 2.53. The molecular weight excluding hydrogens is 274 g/mol. The molecule has 0 radical (unpaired) electrons. The summed E-state index contributed by atoms with van der Waals surface area (Å²) in [4.78, 5) is 14.6. The lowest BCUT2D eigenvalue weighted by Gasteiger charge is -2.20. The summed E-state index contributed by atoms with van der Waals surface area (Å²) in [6.45, 7) is 3.26. The van der Waals surface area contributed by atoms with Gasteiger partial charge in [0, 0.05) is 24.4 Å². The van der Waals surface area contributed by atoms with Crippen molar-refractivity contribution in [2.75, 3.05) is 5.75 Å². The molecule has 6 heteroatoms. The fraction of sp³-hybridized carbons (Fsp3) is 0.500. The molecule has 0 spiro atoms. The molecule has 1 rings (SSSR count). The second-order valence-corrected chi connectivity index (χ2v) is 5.60. The lowest BCUT2D eigenvalue weighted by Crippen LogP contribution is -2.20. The van der Waals surface area contributed by atoms with Gasteiger partial charge in [0.2, 0.25) is 0 Å². The normalized spacial score (nSPS) is 14.3. The third-order valence-corrected chi connectivity index (χ3v) is 3.69. The Labute approximate surface area is 115 Å². The van der Waals surface area contributed by atoms with E-state index in [2.05, 4.69) is 4.98 Å². The van der Waals surface area contributed by atoms with Crippen LogP contribution in [-0.2, 0) is 4.79 Å². The Morgan fingerprint density at radius 2 is 2.22 bits per heavy atom. The topological polar surface area (TPSA) is 70.4 Å². The summed E-state index contributed by atoms with van der Waals surface area (Å²) in [5.74, 6) is 0.463. The molecular formula is C12H16ClNO3S. The monoisotopic (exact) mass is 289 g/mol. The van der Waals surface area contributed by atoms with Gasteiger partial charge in [-0.1, -0.05) is 23.4 Å². The second kappa shape index (κ2) is 7.09. The van der Waals surface area contributed by atoms with Crippen molar-refractivity contribution in [2.24, 2.45) is 0 Å².